The van der Waals surface area contributed by atoms with Gasteiger partial charge in [0.05, 0.1) is 10.9 Å². The Morgan fingerprint density at radius 1 is 1.21 bits per heavy atom. The molecule has 28 heavy (non-hydrogen) atoms. The number of amides is 2. The van der Waals surface area contributed by atoms with Crippen LogP contribution in [0, 0.1) is 0 Å². The summed E-state index contributed by atoms with van der Waals surface area (Å²) in [6.07, 6.45) is 2.00. The summed E-state index contributed by atoms with van der Waals surface area (Å²) in [4.78, 5) is 26.6. The number of hydrogen-bond donors (Lipinski definition) is 1. The van der Waals surface area contributed by atoms with Crippen molar-refractivity contribution in [2.45, 2.75) is 17.1 Å². The summed E-state index contributed by atoms with van der Waals surface area (Å²) < 4.78 is 26.3. The van der Waals surface area contributed by atoms with Crippen molar-refractivity contribution < 1.29 is 18.0 Å². The third-order valence-electron chi connectivity index (χ3n) is 4.37. The van der Waals surface area contributed by atoms with E-state index in [1.54, 1.807) is 29.2 Å². The number of carbonyl (C=O) groups is 2. The van der Waals surface area contributed by atoms with E-state index >= 15 is 0 Å². The van der Waals surface area contributed by atoms with Gasteiger partial charge in [-0.2, -0.15) is 4.31 Å². The van der Waals surface area contributed by atoms with Crippen molar-refractivity contribution in [1.29, 1.82) is 0 Å². The van der Waals surface area contributed by atoms with Crippen molar-refractivity contribution in [3.63, 3.8) is 0 Å². The van der Waals surface area contributed by atoms with Gasteiger partial charge in [0.1, 0.15) is 4.21 Å². The smallest absolute Gasteiger partial charge is 0.253 e. The van der Waals surface area contributed by atoms with Gasteiger partial charge in [-0.05, 0) is 43.2 Å². The summed E-state index contributed by atoms with van der Waals surface area (Å²) in [6.45, 7) is 1.12. The first kappa shape index (κ1) is 20.8. The average Bonchev–Trinajstić information content (AvgIpc) is 3.33. The lowest BCUT2D eigenvalue weighted by molar-refractivity contribution is -0.116. The molecule has 2 amide bonds. The van der Waals surface area contributed by atoms with Gasteiger partial charge in [-0.25, -0.2) is 8.42 Å². The zero-order chi connectivity index (χ0) is 20.3. The molecular formula is C18H20ClN3O4S2. The third-order valence-corrected chi connectivity index (χ3v) is 7.87. The topological polar surface area (TPSA) is 86.8 Å². The molecular weight excluding hydrogens is 422 g/mol. The Morgan fingerprint density at radius 3 is 2.57 bits per heavy atom. The number of likely N-dealkylation sites (N-methyl/N-ethyl adjacent to an activating group) is 1. The number of thiophene rings is 1. The summed E-state index contributed by atoms with van der Waals surface area (Å²) >= 11 is 6.73. The summed E-state index contributed by atoms with van der Waals surface area (Å²) in [5.74, 6) is -0.567. The Bertz CT molecular complexity index is 984. The highest BCUT2D eigenvalue weighted by atomic mass is 35.5. The second-order valence-corrected chi connectivity index (χ2v) is 10.4. The Balaban J connectivity index is 1.64. The highest BCUT2D eigenvalue weighted by molar-refractivity contribution is 7.91. The highest BCUT2D eigenvalue weighted by Gasteiger charge is 2.25. The van der Waals surface area contributed by atoms with Crippen LogP contribution in [0.25, 0.3) is 0 Å². The Hall–Kier alpha value is -1.94. The number of carbonyl (C=O) groups excluding carboxylic acids is 2. The lowest BCUT2D eigenvalue weighted by Crippen LogP contribution is -2.34. The van der Waals surface area contributed by atoms with Gasteiger partial charge in [-0.15, -0.1) is 11.3 Å². The molecule has 1 aliphatic heterocycles. The largest absolute Gasteiger partial charge is 0.339 e. The minimum atomic E-state index is -3.79. The Kier molecular flexibility index (Phi) is 6.39. The van der Waals surface area contributed by atoms with E-state index in [0.717, 1.165) is 41.6 Å². The van der Waals surface area contributed by atoms with Crippen LogP contribution in [0.5, 0.6) is 0 Å². The number of benzene rings is 1. The maximum Gasteiger partial charge on any atom is 0.253 e. The van der Waals surface area contributed by atoms with E-state index in [4.69, 9.17) is 11.6 Å². The number of sulfonamides is 1. The van der Waals surface area contributed by atoms with E-state index in [-0.39, 0.29) is 16.7 Å². The second-order valence-electron chi connectivity index (χ2n) is 6.45. The molecule has 7 nitrogen and oxygen atoms in total. The third kappa shape index (κ3) is 4.72. The number of hydrogen-bond acceptors (Lipinski definition) is 5. The van der Waals surface area contributed by atoms with Crippen LogP contribution in [-0.4, -0.2) is 56.1 Å². The van der Waals surface area contributed by atoms with Crippen molar-refractivity contribution in [2.24, 2.45) is 0 Å². The van der Waals surface area contributed by atoms with Crippen LogP contribution < -0.4 is 5.32 Å². The highest BCUT2D eigenvalue weighted by Crippen LogP contribution is 2.27. The fourth-order valence-corrected chi connectivity index (χ4v) is 5.73. The predicted octanol–water partition coefficient (Wildman–Crippen LogP) is 2.90. The molecule has 150 valence electrons. The number of likely N-dealkylation sites (tertiary alicyclic amines) is 1. The second kappa shape index (κ2) is 8.60. The van der Waals surface area contributed by atoms with Gasteiger partial charge in [-0.1, -0.05) is 17.7 Å². The summed E-state index contributed by atoms with van der Waals surface area (Å²) in [7, 11) is -2.46. The molecule has 0 radical (unpaired) electrons. The van der Waals surface area contributed by atoms with E-state index in [0.29, 0.717) is 15.6 Å². The number of halogens is 1. The zero-order valence-corrected chi connectivity index (χ0v) is 17.6. The molecule has 1 fully saturated rings. The maximum atomic E-state index is 12.5. The maximum absolute atomic E-state index is 12.5. The first-order valence-corrected chi connectivity index (χ1v) is 11.3. The first-order chi connectivity index (χ1) is 13.3. The molecule has 0 unspecified atom stereocenters. The minimum absolute atomic E-state index is 0.0668. The van der Waals surface area contributed by atoms with E-state index in [9.17, 15) is 18.0 Å². The lowest BCUT2D eigenvalue weighted by atomic mass is 10.1. The number of rotatable bonds is 6. The number of nitrogens with one attached hydrogen (secondary N) is 1. The van der Waals surface area contributed by atoms with Gasteiger partial charge in [-0.3, -0.25) is 9.59 Å². The Morgan fingerprint density at radius 2 is 1.93 bits per heavy atom. The number of anilines is 1. The van der Waals surface area contributed by atoms with Crippen LogP contribution in [0.1, 0.15) is 23.2 Å². The molecule has 1 aromatic heterocycles. The molecule has 3 rings (SSSR count). The van der Waals surface area contributed by atoms with Crippen LogP contribution in [0.4, 0.5) is 5.69 Å². The van der Waals surface area contributed by atoms with Crippen LogP contribution in [0.2, 0.25) is 4.34 Å². The van der Waals surface area contributed by atoms with E-state index in [2.05, 4.69) is 5.32 Å². The van der Waals surface area contributed by atoms with Crippen molar-refractivity contribution in [3.05, 3.63) is 46.3 Å². The molecule has 0 bridgehead atoms. The molecule has 0 aliphatic carbocycles. The summed E-state index contributed by atoms with van der Waals surface area (Å²) in [5, 5.41) is 2.65. The molecule has 1 saturated heterocycles. The standard InChI is InChI=1S/C18H20ClN3O4S2/c1-21(28(25,26)17-8-7-15(19)27-17)12-16(23)20-14-6-4-5-13(11-14)18(24)22-9-2-3-10-22/h4-8,11H,2-3,9-10,12H2,1H3,(H,20,23). The molecule has 10 heteroatoms. The lowest BCUT2D eigenvalue weighted by Gasteiger charge is -2.17. The van der Waals surface area contributed by atoms with Gasteiger partial charge in [0.2, 0.25) is 5.91 Å². The monoisotopic (exact) mass is 441 g/mol. The number of nitrogens with zero attached hydrogens (tertiary/aromatic N) is 2. The van der Waals surface area contributed by atoms with Crippen LogP contribution in [0.15, 0.2) is 40.6 Å². The summed E-state index contributed by atoms with van der Waals surface area (Å²) in [5.41, 5.74) is 0.939. The van der Waals surface area contributed by atoms with Crippen molar-refractivity contribution in [2.75, 3.05) is 32.0 Å². The van der Waals surface area contributed by atoms with E-state index < -0.39 is 15.9 Å². The van der Waals surface area contributed by atoms with Crippen LogP contribution in [-0.2, 0) is 14.8 Å². The van der Waals surface area contributed by atoms with E-state index in [1.807, 2.05) is 0 Å². The fourth-order valence-electron chi connectivity index (χ4n) is 2.91. The van der Waals surface area contributed by atoms with Gasteiger partial charge in [0, 0.05) is 31.4 Å². The molecule has 1 aliphatic rings. The molecule has 0 atom stereocenters. The van der Waals surface area contributed by atoms with Crippen molar-refractivity contribution in [3.8, 4) is 0 Å². The predicted molar refractivity (Wildman–Crippen MR) is 109 cm³/mol. The van der Waals surface area contributed by atoms with Crippen LogP contribution in [0.3, 0.4) is 0 Å². The SMILES string of the molecule is CN(CC(=O)Nc1cccc(C(=O)N2CCCC2)c1)S(=O)(=O)c1ccc(Cl)s1. The fraction of sp³-hybridized carbons (Fsp3) is 0.333. The molecule has 2 aromatic rings. The van der Waals surface area contributed by atoms with Gasteiger partial charge in [0.15, 0.2) is 0 Å². The van der Waals surface area contributed by atoms with Crippen molar-refractivity contribution in [1.82, 2.24) is 9.21 Å². The van der Waals surface area contributed by atoms with Crippen LogP contribution >= 0.6 is 22.9 Å². The molecule has 2 heterocycles. The summed E-state index contributed by atoms with van der Waals surface area (Å²) in [6, 6.07) is 9.55. The van der Waals surface area contributed by atoms with E-state index in [1.165, 1.54) is 19.2 Å². The molecule has 0 saturated carbocycles. The quantitative estimate of drug-likeness (QED) is 0.746. The molecule has 1 N–H and O–H groups in total. The van der Waals surface area contributed by atoms with Crippen molar-refractivity contribution >= 4 is 50.5 Å². The normalized spacial score (nSPS) is 14.5. The molecule has 0 spiro atoms. The molecule has 1 aromatic carbocycles. The zero-order valence-electron chi connectivity index (χ0n) is 15.2. The minimum Gasteiger partial charge on any atom is -0.339 e. The van der Waals surface area contributed by atoms with Gasteiger partial charge in [0.25, 0.3) is 15.9 Å². The average molecular weight is 442 g/mol. The Labute approximate surface area is 172 Å². The first-order valence-electron chi connectivity index (χ1n) is 8.68. The van der Waals surface area contributed by atoms with Gasteiger partial charge < -0.3 is 10.2 Å². The van der Waals surface area contributed by atoms with Gasteiger partial charge >= 0.3 is 0 Å².